The van der Waals surface area contributed by atoms with Crippen molar-refractivity contribution in [1.82, 2.24) is 0 Å². The van der Waals surface area contributed by atoms with Crippen molar-refractivity contribution in [2.24, 2.45) is 0 Å². The average Bonchev–Trinajstić information content (AvgIpc) is 2.63. The van der Waals surface area contributed by atoms with E-state index >= 15 is 0 Å². The number of benzene rings is 2. The van der Waals surface area contributed by atoms with Crippen molar-refractivity contribution in [3.63, 3.8) is 0 Å². The minimum atomic E-state index is -0.879. The molecule has 0 unspecified atom stereocenters. The van der Waals surface area contributed by atoms with Crippen LogP contribution in [0.3, 0.4) is 0 Å². The molecule has 124 valence electrons. The molecule has 0 fully saturated rings. The second-order valence-electron chi connectivity index (χ2n) is 3.98. The van der Waals surface area contributed by atoms with Crippen LogP contribution in [0, 0.1) is 0 Å². The van der Waals surface area contributed by atoms with Crippen LogP contribution in [0.2, 0.25) is 0 Å². The van der Waals surface area contributed by atoms with Gasteiger partial charge in [0, 0.05) is 0 Å². The lowest BCUT2D eigenvalue weighted by atomic mass is 10.2. The fourth-order valence-corrected chi connectivity index (χ4v) is 1.27. The fourth-order valence-electron chi connectivity index (χ4n) is 1.27. The van der Waals surface area contributed by atoms with Gasteiger partial charge in [0.15, 0.2) is 0 Å². The predicted molar refractivity (Wildman–Crippen MR) is 85.4 cm³/mol. The molecule has 0 radical (unpaired) electrons. The minimum absolute atomic E-state index is 0.125. The highest BCUT2D eigenvalue weighted by atomic mass is 16.5. The summed E-state index contributed by atoms with van der Waals surface area (Å²) < 4.78 is 4.50. The number of carboxylic acid groups (broad SMARTS) is 1. The van der Waals surface area contributed by atoms with E-state index in [0.717, 1.165) is 0 Å². The van der Waals surface area contributed by atoms with Crippen molar-refractivity contribution in [2.75, 3.05) is 20.3 Å². The van der Waals surface area contributed by atoms with Crippen LogP contribution in [0.15, 0.2) is 60.7 Å². The van der Waals surface area contributed by atoms with Gasteiger partial charge in [-0.1, -0.05) is 36.4 Å². The van der Waals surface area contributed by atoms with Crippen LogP contribution in [0.1, 0.15) is 20.7 Å². The first-order valence-corrected chi connectivity index (χ1v) is 6.70. The molecule has 0 heterocycles. The lowest BCUT2D eigenvalue weighted by molar-refractivity contribution is 0.0599. The monoisotopic (exact) mass is 320 g/mol. The van der Waals surface area contributed by atoms with Crippen LogP contribution in [-0.2, 0) is 4.74 Å². The van der Waals surface area contributed by atoms with Crippen LogP contribution >= 0.6 is 0 Å². The summed E-state index contributed by atoms with van der Waals surface area (Å²) in [6.45, 7) is -0.250. The van der Waals surface area contributed by atoms with Crippen molar-refractivity contribution in [3.05, 3.63) is 71.8 Å². The number of carbonyl (C=O) groups is 2. The smallest absolute Gasteiger partial charge is 0.337 e. The van der Waals surface area contributed by atoms with E-state index in [-0.39, 0.29) is 19.2 Å². The number of rotatable bonds is 3. The van der Waals surface area contributed by atoms with Gasteiger partial charge in [-0.2, -0.15) is 0 Å². The highest BCUT2D eigenvalue weighted by Gasteiger charge is 2.00. The van der Waals surface area contributed by atoms with Crippen molar-refractivity contribution in [2.45, 2.75) is 0 Å². The molecule has 0 saturated heterocycles. The van der Waals surface area contributed by atoms with Gasteiger partial charge in [0.25, 0.3) is 0 Å². The lowest BCUT2D eigenvalue weighted by Crippen LogP contribution is -1.99. The second kappa shape index (κ2) is 13.0. The van der Waals surface area contributed by atoms with Crippen LogP contribution in [0.4, 0.5) is 0 Å². The van der Waals surface area contributed by atoms with Gasteiger partial charge >= 0.3 is 11.9 Å². The largest absolute Gasteiger partial charge is 0.478 e. The van der Waals surface area contributed by atoms with Gasteiger partial charge in [-0.3, -0.25) is 0 Å². The summed E-state index contributed by atoms with van der Waals surface area (Å²) in [7, 11) is 1.37. The second-order valence-corrected chi connectivity index (χ2v) is 3.98. The molecule has 0 aromatic heterocycles. The average molecular weight is 320 g/mol. The Morgan fingerprint density at radius 2 is 1.22 bits per heavy atom. The molecule has 0 aliphatic carbocycles. The van der Waals surface area contributed by atoms with Crippen molar-refractivity contribution >= 4 is 11.9 Å². The quantitative estimate of drug-likeness (QED) is 0.745. The summed E-state index contributed by atoms with van der Waals surface area (Å²) in [6.07, 6.45) is 0. The molecule has 0 aliphatic rings. The molecule has 23 heavy (non-hydrogen) atoms. The zero-order valence-corrected chi connectivity index (χ0v) is 12.8. The van der Waals surface area contributed by atoms with Gasteiger partial charge in [-0.25, -0.2) is 9.59 Å². The number of esters is 1. The molecule has 2 aromatic carbocycles. The summed E-state index contributed by atoms with van der Waals surface area (Å²) in [4.78, 5) is 21.0. The van der Waals surface area contributed by atoms with Crippen LogP contribution < -0.4 is 0 Å². The van der Waals surface area contributed by atoms with E-state index in [1.807, 2.05) is 6.07 Å². The number of carboxylic acids is 1. The number of aliphatic hydroxyl groups excluding tert-OH is 2. The molecular weight excluding hydrogens is 300 g/mol. The summed E-state index contributed by atoms with van der Waals surface area (Å²) in [5, 5.41) is 23.6. The van der Waals surface area contributed by atoms with E-state index in [9.17, 15) is 9.59 Å². The van der Waals surface area contributed by atoms with Crippen LogP contribution in [-0.4, -0.2) is 47.6 Å². The molecule has 2 aromatic rings. The Kier molecular flexibility index (Phi) is 11.5. The van der Waals surface area contributed by atoms with E-state index in [1.54, 1.807) is 54.6 Å². The number of hydrogen-bond donors (Lipinski definition) is 3. The maximum atomic E-state index is 10.8. The number of carbonyl (C=O) groups excluding carboxylic acids is 1. The predicted octanol–water partition coefficient (Wildman–Crippen LogP) is 1.83. The Morgan fingerprint density at radius 3 is 1.48 bits per heavy atom. The normalized spacial score (nSPS) is 8.65. The molecule has 6 nitrogen and oxygen atoms in total. The Bertz CT molecular complexity index is 552. The minimum Gasteiger partial charge on any atom is -0.478 e. The molecule has 2 rings (SSSR count). The summed E-state index contributed by atoms with van der Waals surface area (Å²) >= 11 is 0. The molecule has 0 saturated carbocycles. The molecule has 6 heteroatoms. The Morgan fingerprint density at radius 1 is 0.826 bits per heavy atom. The Labute approximate surface area is 134 Å². The van der Waals surface area contributed by atoms with Gasteiger partial charge in [0.2, 0.25) is 0 Å². The topological polar surface area (TPSA) is 104 Å². The van der Waals surface area contributed by atoms with E-state index in [0.29, 0.717) is 11.1 Å². The zero-order valence-electron chi connectivity index (χ0n) is 12.8. The fraction of sp³-hybridized carbons (Fsp3) is 0.176. The Hall–Kier alpha value is -2.70. The first-order chi connectivity index (χ1) is 11.1. The van der Waals surface area contributed by atoms with Gasteiger partial charge < -0.3 is 20.1 Å². The number of ether oxygens (including phenoxy) is 1. The van der Waals surface area contributed by atoms with E-state index in [4.69, 9.17) is 15.3 Å². The summed E-state index contributed by atoms with van der Waals surface area (Å²) in [6, 6.07) is 17.2. The highest BCUT2D eigenvalue weighted by molar-refractivity contribution is 5.89. The van der Waals surface area contributed by atoms with Crippen LogP contribution in [0.25, 0.3) is 0 Å². The van der Waals surface area contributed by atoms with Crippen LogP contribution in [0.5, 0.6) is 0 Å². The first kappa shape index (κ1) is 20.3. The van der Waals surface area contributed by atoms with E-state index in [1.165, 1.54) is 7.11 Å². The number of hydrogen-bond acceptors (Lipinski definition) is 5. The molecular formula is C17H20O6. The molecule has 0 aliphatic heterocycles. The lowest BCUT2D eigenvalue weighted by Gasteiger charge is -1.95. The Balaban J connectivity index is 0.000000345. The molecule has 0 atom stereocenters. The third-order valence-electron chi connectivity index (χ3n) is 2.32. The molecule has 0 amide bonds. The van der Waals surface area contributed by atoms with E-state index < -0.39 is 5.97 Å². The zero-order chi connectivity index (χ0) is 17.5. The number of aromatic carboxylic acids is 1. The third-order valence-corrected chi connectivity index (χ3v) is 2.32. The van der Waals surface area contributed by atoms with Crippen molar-refractivity contribution in [1.29, 1.82) is 0 Å². The van der Waals surface area contributed by atoms with Gasteiger partial charge in [0.05, 0.1) is 31.5 Å². The molecule has 0 bridgehead atoms. The summed E-state index contributed by atoms with van der Waals surface area (Å²) in [5.74, 6) is -1.17. The maximum Gasteiger partial charge on any atom is 0.337 e. The third kappa shape index (κ3) is 9.78. The van der Waals surface area contributed by atoms with Gasteiger partial charge in [-0.15, -0.1) is 0 Å². The standard InChI is InChI=1S/C8H8O2.C7H6O2.C2H6O2/c1-10-8(9)7-5-3-2-4-6-7;8-7(9)6-4-2-1-3-5-6;3-1-2-4/h2-6H,1H3;1-5H,(H,8,9);3-4H,1-2H2. The van der Waals surface area contributed by atoms with Crippen molar-refractivity contribution in [3.8, 4) is 0 Å². The summed E-state index contributed by atoms with van der Waals surface area (Å²) in [5.41, 5.74) is 0.919. The van der Waals surface area contributed by atoms with Crippen molar-refractivity contribution < 1.29 is 29.6 Å². The maximum absolute atomic E-state index is 10.8. The number of aliphatic hydroxyl groups is 2. The first-order valence-electron chi connectivity index (χ1n) is 6.70. The SMILES string of the molecule is COC(=O)c1ccccc1.O=C(O)c1ccccc1.OCCO. The molecule has 3 N–H and O–H groups in total. The van der Waals surface area contributed by atoms with E-state index in [2.05, 4.69) is 4.74 Å². The molecule has 0 spiro atoms. The van der Waals surface area contributed by atoms with Gasteiger partial charge in [0.1, 0.15) is 0 Å². The number of methoxy groups -OCH3 is 1. The highest BCUT2D eigenvalue weighted by Crippen LogP contribution is 1.99. The van der Waals surface area contributed by atoms with Gasteiger partial charge in [-0.05, 0) is 24.3 Å².